The predicted molar refractivity (Wildman–Crippen MR) is 101 cm³/mol. The Morgan fingerprint density at radius 1 is 1.12 bits per heavy atom. The molecule has 0 aliphatic rings. The Hall–Kier alpha value is -3.02. The summed E-state index contributed by atoms with van der Waals surface area (Å²) < 4.78 is 8.75. The Labute approximate surface area is 152 Å². The summed E-state index contributed by atoms with van der Waals surface area (Å²) in [4.78, 5) is 24.9. The fourth-order valence-corrected chi connectivity index (χ4v) is 3.03. The smallest absolute Gasteiger partial charge is 0.355 e. The van der Waals surface area contributed by atoms with Gasteiger partial charge in [-0.1, -0.05) is 19.1 Å². The molecule has 0 unspecified atom stereocenters. The van der Waals surface area contributed by atoms with Crippen molar-refractivity contribution in [1.29, 1.82) is 0 Å². The van der Waals surface area contributed by atoms with E-state index in [4.69, 9.17) is 4.74 Å². The van der Waals surface area contributed by atoms with E-state index in [9.17, 15) is 9.59 Å². The number of hydrogen-bond donors (Lipinski definition) is 1. The summed E-state index contributed by atoms with van der Waals surface area (Å²) >= 11 is 0. The van der Waals surface area contributed by atoms with E-state index in [0.717, 1.165) is 28.7 Å². The lowest BCUT2D eigenvalue weighted by molar-refractivity contribution is -0.116. The number of carbonyl (C=O) groups excluding carboxylic acids is 2. The topological polar surface area (TPSA) is 65.3 Å². The molecule has 1 N–H and O–H groups in total. The third kappa shape index (κ3) is 3.49. The van der Waals surface area contributed by atoms with Crippen LogP contribution in [0, 0.1) is 0 Å². The Balaban J connectivity index is 1.87. The van der Waals surface area contributed by atoms with Crippen molar-refractivity contribution >= 4 is 28.6 Å². The van der Waals surface area contributed by atoms with Gasteiger partial charge in [-0.2, -0.15) is 0 Å². The molecule has 0 spiro atoms. The summed E-state index contributed by atoms with van der Waals surface area (Å²) in [5.41, 5.74) is 4.00. The first-order chi connectivity index (χ1) is 12.5. The first-order valence-corrected chi connectivity index (χ1v) is 8.74. The average molecular weight is 353 g/mol. The molecule has 0 aliphatic heterocycles. The van der Waals surface area contributed by atoms with E-state index in [2.05, 4.69) is 12.2 Å². The van der Waals surface area contributed by atoms with Crippen molar-refractivity contribution in [2.24, 2.45) is 7.05 Å². The van der Waals surface area contributed by atoms with Crippen LogP contribution in [0.15, 0.2) is 42.6 Å². The molecule has 0 saturated heterocycles. The van der Waals surface area contributed by atoms with Gasteiger partial charge in [0.15, 0.2) is 0 Å². The van der Waals surface area contributed by atoms with Gasteiger partial charge in [-0.15, -0.1) is 0 Å². The molecule has 136 valence electrons. The Bertz CT molecular complexity index is 953. The van der Waals surface area contributed by atoms with E-state index in [1.165, 1.54) is 0 Å². The molecule has 0 fully saturated rings. The van der Waals surface area contributed by atoms with Crippen molar-refractivity contribution in [3.8, 4) is 0 Å². The first-order valence-electron chi connectivity index (χ1n) is 8.74. The number of hydrogen-bond acceptors (Lipinski definition) is 3. The minimum atomic E-state index is -0.426. The van der Waals surface area contributed by atoms with Crippen molar-refractivity contribution in [2.45, 2.75) is 26.8 Å². The van der Waals surface area contributed by atoms with E-state index < -0.39 is 5.97 Å². The monoisotopic (exact) mass is 353 g/mol. The van der Waals surface area contributed by atoms with Crippen LogP contribution in [0.5, 0.6) is 0 Å². The van der Waals surface area contributed by atoms with Gasteiger partial charge in [0.1, 0.15) is 12.2 Å². The van der Waals surface area contributed by atoms with Gasteiger partial charge < -0.3 is 19.2 Å². The fourth-order valence-electron chi connectivity index (χ4n) is 3.03. The standard InChI is InChI=1S/C20H23N3O3/c1-4-14-7-6-8-15(11-14)21-19(24)13-23-16-9-10-22(3)17(16)12-18(23)20(25)26-5-2/h6-12H,4-5,13H2,1-3H3,(H,21,24). The summed E-state index contributed by atoms with van der Waals surface area (Å²) in [6, 6.07) is 11.4. The summed E-state index contributed by atoms with van der Waals surface area (Å²) in [6.07, 6.45) is 2.80. The number of ether oxygens (including phenoxy) is 1. The molecule has 0 aliphatic carbocycles. The van der Waals surface area contributed by atoms with Crippen LogP contribution in [-0.2, 0) is 29.5 Å². The second kappa shape index (κ2) is 7.47. The normalized spacial score (nSPS) is 10.9. The number of nitrogens with one attached hydrogen (secondary N) is 1. The van der Waals surface area contributed by atoms with E-state index in [1.54, 1.807) is 17.6 Å². The number of rotatable bonds is 6. The summed E-state index contributed by atoms with van der Waals surface area (Å²) in [5, 5.41) is 2.91. The minimum absolute atomic E-state index is 0.0397. The maximum absolute atomic E-state index is 12.6. The van der Waals surface area contributed by atoms with Gasteiger partial charge in [-0.3, -0.25) is 4.79 Å². The van der Waals surface area contributed by atoms with E-state index in [0.29, 0.717) is 5.69 Å². The van der Waals surface area contributed by atoms with Gasteiger partial charge in [0, 0.05) is 18.9 Å². The van der Waals surface area contributed by atoms with Crippen LogP contribution in [0.2, 0.25) is 0 Å². The number of anilines is 1. The molecule has 1 amide bonds. The highest BCUT2D eigenvalue weighted by Gasteiger charge is 2.20. The van der Waals surface area contributed by atoms with E-state index in [1.807, 2.05) is 48.1 Å². The maximum Gasteiger partial charge on any atom is 0.355 e. The number of carbonyl (C=O) groups is 2. The third-order valence-corrected chi connectivity index (χ3v) is 4.36. The van der Waals surface area contributed by atoms with Crippen molar-refractivity contribution in [2.75, 3.05) is 11.9 Å². The van der Waals surface area contributed by atoms with Crippen molar-refractivity contribution in [1.82, 2.24) is 9.13 Å². The molecular weight excluding hydrogens is 330 g/mol. The second-order valence-electron chi connectivity index (χ2n) is 6.14. The highest BCUT2D eigenvalue weighted by atomic mass is 16.5. The largest absolute Gasteiger partial charge is 0.461 e. The lowest BCUT2D eigenvalue weighted by atomic mass is 10.1. The molecule has 6 heteroatoms. The molecule has 2 heterocycles. The Kier molecular flexibility index (Phi) is 5.11. The van der Waals surface area contributed by atoms with Crippen LogP contribution in [-0.4, -0.2) is 27.6 Å². The molecule has 3 aromatic rings. The summed E-state index contributed by atoms with van der Waals surface area (Å²) in [5.74, 6) is -0.616. The second-order valence-corrected chi connectivity index (χ2v) is 6.14. The van der Waals surface area contributed by atoms with Crippen LogP contribution in [0.1, 0.15) is 29.9 Å². The van der Waals surface area contributed by atoms with Crippen LogP contribution < -0.4 is 5.32 Å². The number of benzene rings is 1. The molecule has 0 saturated carbocycles. The number of aryl methyl sites for hydroxylation is 2. The van der Waals surface area contributed by atoms with Gasteiger partial charge in [0.05, 0.1) is 17.6 Å². The molecule has 0 radical (unpaired) electrons. The molecule has 1 aromatic carbocycles. The molecule has 6 nitrogen and oxygen atoms in total. The summed E-state index contributed by atoms with van der Waals surface area (Å²) in [7, 11) is 1.90. The van der Waals surface area contributed by atoms with Gasteiger partial charge >= 0.3 is 5.97 Å². The lowest BCUT2D eigenvalue weighted by Crippen LogP contribution is -2.22. The third-order valence-electron chi connectivity index (χ3n) is 4.36. The molecule has 3 rings (SSSR count). The molecule has 26 heavy (non-hydrogen) atoms. The SMILES string of the molecule is CCOC(=O)c1cc2c(ccn2C)n1CC(=O)Nc1cccc(CC)c1. The number of fused-ring (bicyclic) bond motifs is 1. The van der Waals surface area contributed by atoms with Crippen molar-refractivity contribution in [3.05, 3.63) is 53.9 Å². The highest BCUT2D eigenvalue weighted by Crippen LogP contribution is 2.22. The van der Waals surface area contributed by atoms with Crippen LogP contribution >= 0.6 is 0 Å². The van der Waals surface area contributed by atoms with Gasteiger partial charge in [-0.25, -0.2) is 4.79 Å². The van der Waals surface area contributed by atoms with Gasteiger partial charge in [0.25, 0.3) is 0 Å². The average Bonchev–Trinajstić information content (AvgIpc) is 3.16. The Morgan fingerprint density at radius 2 is 1.92 bits per heavy atom. The van der Waals surface area contributed by atoms with E-state index in [-0.39, 0.29) is 19.1 Å². The highest BCUT2D eigenvalue weighted by molar-refractivity contribution is 5.97. The maximum atomic E-state index is 12.6. The zero-order valence-corrected chi connectivity index (χ0v) is 15.3. The molecule has 2 aromatic heterocycles. The number of nitrogens with zero attached hydrogens (tertiary/aromatic N) is 2. The minimum Gasteiger partial charge on any atom is -0.461 e. The van der Waals surface area contributed by atoms with E-state index >= 15 is 0 Å². The molecule has 0 atom stereocenters. The Morgan fingerprint density at radius 3 is 2.65 bits per heavy atom. The lowest BCUT2D eigenvalue weighted by Gasteiger charge is -2.11. The number of amides is 1. The van der Waals surface area contributed by atoms with Crippen LogP contribution in [0.3, 0.4) is 0 Å². The van der Waals surface area contributed by atoms with Gasteiger partial charge in [-0.05, 0) is 43.2 Å². The zero-order valence-electron chi connectivity index (χ0n) is 15.3. The quantitative estimate of drug-likeness (QED) is 0.691. The van der Waals surface area contributed by atoms with Crippen molar-refractivity contribution in [3.63, 3.8) is 0 Å². The predicted octanol–water partition coefficient (Wildman–Crippen LogP) is 3.36. The number of aromatic nitrogens is 2. The number of esters is 1. The summed E-state index contributed by atoms with van der Waals surface area (Å²) in [6.45, 7) is 4.16. The first kappa shape index (κ1) is 17.8. The fraction of sp³-hybridized carbons (Fsp3) is 0.300. The van der Waals surface area contributed by atoms with Gasteiger partial charge in [0.2, 0.25) is 5.91 Å². The van der Waals surface area contributed by atoms with Crippen molar-refractivity contribution < 1.29 is 14.3 Å². The molecular formula is C20H23N3O3. The zero-order chi connectivity index (χ0) is 18.7. The molecule has 0 bridgehead atoms. The van der Waals surface area contributed by atoms with Crippen LogP contribution in [0.25, 0.3) is 11.0 Å². The van der Waals surface area contributed by atoms with Crippen LogP contribution in [0.4, 0.5) is 5.69 Å².